The monoisotopic (exact) mass is 463 g/mol. The molecule has 1 N–H and O–H groups in total. The fourth-order valence-electron chi connectivity index (χ4n) is 3.45. The van der Waals surface area contributed by atoms with Crippen LogP contribution >= 0.6 is 0 Å². The molecule has 0 heterocycles. The zero-order chi connectivity index (χ0) is 24.7. The minimum Gasteiger partial charge on any atom is -0.493 e. The van der Waals surface area contributed by atoms with Crippen molar-refractivity contribution in [2.24, 2.45) is 0 Å². The molecule has 34 heavy (non-hydrogen) atoms. The number of nitrogens with one attached hydrogen (secondary N) is 1. The van der Waals surface area contributed by atoms with Crippen LogP contribution in [0.5, 0.6) is 5.75 Å². The van der Waals surface area contributed by atoms with E-state index in [-0.39, 0.29) is 6.61 Å². The van der Waals surface area contributed by atoms with Gasteiger partial charge in [-0.15, -0.1) is 0 Å². The number of hydrogen-bond acceptors (Lipinski definition) is 5. The summed E-state index contributed by atoms with van der Waals surface area (Å²) in [5, 5.41) is 4.60. The van der Waals surface area contributed by atoms with Crippen molar-refractivity contribution in [3.63, 3.8) is 0 Å². The summed E-state index contributed by atoms with van der Waals surface area (Å²) in [5.74, 6) is 0.0401. The van der Waals surface area contributed by atoms with E-state index in [9.17, 15) is 9.59 Å². The van der Waals surface area contributed by atoms with E-state index in [0.717, 1.165) is 21.9 Å². The van der Waals surface area contributed by atoms with Gasteiger partial charge in [-0.2, -0.15) is 0 Å². The fraction of sp³-hybridized carbons (Fsp3) is 0.357. The average molecular weight is 464 g/mol. The Morgan fingerprint density at radius 2 is 1.62 bits per heavy atom. The summed E-state index contributed by atoms with van der Waals surface area (Å²) in [6, 6.07) is 18.2. The summed E-state index contributed by atoms with van der Waals surface area (Å²) >= 11 is 0. The Kier molecular flexibility index (Phi) is 8.16. The zero-order valence-electron chi connectivity index (χ0n) is 20.6. The Labute approximate surface area is 201 Å². The van der Waals surface area contributed by atoms with Crippen molar-refractivity contribution < 1.29 is 23.8 Å². The molecule has 0 fully saturated rings. The highest BCUT2D eigenvalue weighted by atomic mass is 16.6. The van der Waals surface area contributed by atoms with Crippen LogP contribution in [0, 0.1) is 6.92 Å². The smallest absolute Gasteiger partial charge is 0.407 e. The molecule has 0 aliphatic rings. The fourth-order valence-corrected chi connectivity index (χ4v) is 3.45. The number of esters is 1. The minimum absolute atomic E-state index is 0.277. The molecule has 0 radical (unpaired) electrons. The maximum Gasteiger partial charge on any atom is 0.407 e. The molecule has 6 heteroatoms. The Balaban J connectivity index is 1.75. The number of ether oxygens (including phenoxy) is 3. The topological polar surface area (TPSA) is 73.9 Å². The predicted molar refractivity (Wildman–Crippen MR) is 134 cm³/mol. The maximum atomic E-state index is 12.6. The highest BCUT2D eigenvalue weighted by Gasteiger charge is 2.17. The van der Waals surface area contributed by atoms with E-state index >= 15 is 0 Å². The second kappa shape index (κ2) is 11.1. The van der Waals surface area contributed by atoms with Crippen LogP contribution in [0.2, 0.25) is 0 Å². The van der Waals surface area contributed by atoms with Crippen molar-refractivity contribution in [3.8, 4) is 16.9 Å². The number of alkyl carbamates (subject to hydrolysis) is 1. The van der Waals surface area contributed by atoms with Crippen molar-refractivity contribution in [1.82, 2.24) is 5.32 Å². The molecule has 0 bridgehead atoms. The highest BCUT2D eigenvalue weighted by Crippen LogP contribution is 2.31. The van der Waals surface area contributed by atoms with Gasteiger partial charge in [0.1, 0.15) is 16.9 Å². The molecule has 0 saturated carbocycles. The third-order valence-corrected chi connectivity index (χ3v) is 5.07. The van der Waals surface area contributed by atoms with Gasteiger partial charge in [-0.1, -0.05) is 42.0 Å². The molecule has 6 nitrogen and oxygen atoms in total. The van der Waals surface area contributed by atoms with Gasteiger partial charge in [0, 0.05) is 6.54 Å². The predicted octanol–water partition coefficient (Wildman–Crippen LogP) is 6.29. The molecule has 1 amide bonds. The molecule has 0 aliphatic carbocycles. The minimum atomic E-state index is -0.542. The van der Waals surface area contributed by atoms with E-state index in [0.29, 0.717) is 30.9 Å². The molecule has 3 rings (SSSR count). The molecule has 0 atom stereocenters. The van der Waals surface area contributed by atoms with Gasteiger partial charge in [0.05, 0.1) is 13.2 Å². The number of fused-ring (bicyclic) bond motifs is 1. The van der Waals surface area contributed by atoms with Crippen molar-refractivity contribution in [3.05, 3.63) is 65.7 Å². The first-order chi connectivity index (χ1) is 16.2. The van der Waals surface area contributed by atoms with E-state index in [1.54, 1.807) is 6.92 Å². The number of rotatable bonds is 8. The van der Waals surface area contributed by atoms with E-state index in [2.05, 4.69) is 48.6 Å². The largest absolute Gasteiger partial charge is 0.493 e. The lowest BCUT2D eigenvalue weighted by Gasteiger charge is -2.19. The van der Waals surface area contributed by atoms with Gasteiger partial charge in [-0.05, 0) is 81.1 Å². The number of aryl methyl sites for hydroxylation is 1. The third-order valence-electron chi connectivity index (χ3n) is 5.07. The molecule has 3 aromatic rings. The average Bonchev–Trinajstić information content (AvgIpc) is 2.77. The third kappa shape index (κ3) is 6.98. The first-order valence-corrected chi connectivity index (χ1v) is 11.6. The number of amides is 1. The number of hydrogen-bond donors (Lipinski definition) is 1. The van der Waals surface area contributed by atoms with Gasteiger partial charge in [-0.3, -0.25) is 0 Å². The van der Waals surface area contributed by atoms with Crippen molar-refractivity contribution in [2.45, 2.75) is 46.6 Å². The van der Waals surface area contributed by atoms with Crippen LogP contribution in [0.1, 0.15) is 50.0 Å². The number of benzene rings is 3. The summed E-state index contributed by atoms with van der Waals surface area (Å²) in [7, 11) is 0. The van der Waals surface area contributed by atoms with Crippen LogP contribution in [0.4, 0.5) is 4.79 Å². The van der Waals surface area contributed by atoms with Crippen LogP contribution < -0.4 is 10.1 Å². The molecular formula is C28H33NO5. The Morgan fingerprint density at radius 3 is 2.29 bits per heavy atom. The van der Waals surface area contributed by atoms with E-state index in [1.807, 2.05) is 39.0 Å². The molecule has 180 valence electrons. The van der Waals surface area contributed by atoms with Crippen molar-refractivity contribution in [2.75, 3.05) is 19.8 Å². The van der Waals surface area contributed by atoms with Crippen LogP contribution in [0.3, 0.4) is 0 Å². The van der Waals surface area contributed by atoms with Crippen molar-refractivity contribution >= 4 is 22.8 Å². The van der Waals surface area contributed by atoms with Gasteiger partial charge in [0.15, 0.2) is 0 Å². The van der Waals surface area contributed by atoms with Gasteiger partial charge in [0.25, 0.3) is 0 Å². The van der Waals surface area contributed by atoms with Crippen LogP contribution in [-0.4, -0.2) is 37.4 Å². The van der Waals surface area contributed by atoms with Crippen LogP contribution in [0.15, 0.2) is 54.6 Å². The van der Waals surface area contributed by atoms with Gasteiger partial charge >= 0.3 is 12.1 Å². The van der Waals surface area contributed by atoms with Crippen LogP contribution in [0.25, 0.3) is 21.9 Å². The van der Waals surface area contributed by atoms with Gasteiger partial charge in [-0.25, -0.2) is 9.59 Å². The SMILES string of the molecule is CCOC(=O)c1cc2cc(-c3ccc(C)cc3)ccc2cc1OCCCNC(=O)OC(C)(C)C. The van der Waals surface area contributed by atoms with Gasteiger partial charge in [0.2, 0.25) is 0 Å². The molecular weight excluding hydrogens is 430 g/mol. The van der Waals surface area contributed by atoms with Crippen molar-refractivity contribution in [1.29, 1.82) is 0 Å². The highest BCUT2D eigenvalue weighted by molar-refractivity contribution is 5.99. The Morgan fingerprint density at radius 1 is 0.912 bits per heavy atom. The standard InChI is InChI=1S/C28H33NO5/c1-6-32-26(30)24-17-23-16-21(20-10-8-19(2)9-11-20)12-13-22(23)18-25(24)33-15-7-14-29-27(31)34-28(3,4)5/h8-13,16-18H,6-7,14-15H2,1-5H3,(H,29,31). The lowest BCUT2D eigenvalue weighted by molar-refractivity contribution is 0.0517. The molecule has 0 saturated heterocycles. The summed E-state index contributed by atoms with van der Waals surface area (Å²) in [5.41, 5.74) is 3.24. The molecule has 3 aromatic carbocycles. The summed E-state index contributed by atoms with van der Waals surface area (Å²) in [4.78, 5) is 24.4. The lowest BCUT2D eigenvalue weighted by Crippen LogP contribution is -2.33. The molecule has 0 unspecified atom stereocenters. The normalized spacial score (nSPS) is 11.2. The molecule has 0 aliphatic heterocycles. The summed E-state index contributed by atoms with van der Waals surface area (Å²) in [6.45, 7) is 10.3. The molecule has 0 aromatic heterocycles. The second-order valence-electron chi connectivity index (χ2n) is 9.13. The number of carbonyl (C=O) groups is 2. The number of carbonyl (C=O) groups excluding carboxylic acids is 2. The Bertz CT molecular complexity index is 1150. The van der Waals surface area contributed by atoms with E-state index < -0.39 is 17.7 Å². The zero-order valence-corrected chi connectivity index (χ0v) is 20.6. The second-order valence-corrected chi connectivity index (χ2v) is 9.13. The van der Waals surface area contributed by atoms with Crippen LogP contribution in [-0.2, 0) is 9.47 Å². The molecule has 0 spiro atoms. The maximum absolute atomic E-state index is 12.6. The summed E-state index contributed by atoms with van der Waals surface area (Å²) < 4.78 is 16.4. The summed E-state index contributed by atoms with van der Waals surface area (Å²) in [6.07, 6.45) is 0.0983. The Hall–Kier alpha value is -3.54. The first kappa shape index (κ1) is 25.1. The first-order valence-electron chi connectivity index (χ1n) is 11.6. The quantitative estimate of drug-likeness (QED) is 0.314. The lowest BCUT2D eigenvalue weighted by atomic mass is 9.99. The van der Waals surface area contributed by atoms with Gasteiger partial charge < -0.3 is 19.5 Å². The van der Waals surface area contributed by atoms with E-state index in [4.69, 9.17) is 14.2 Å². The van der Waals surface area contributed by atoms with E-state index in [1.165, 1.54) is 5.56 Å².